The second-order valence-corrected chi connectivity index (χ2v) is 8.03. The molecule has 2 rings (SSSR count). The van der Waals surface area contributed by atoms with E-state index in [1.54, 1.807) is 0 Å². The average Bonchev–Trinajstić information content (AvgIpc) is 2.80. The lowest BCUT2D eigenvalue weighted by Gasteiger charge is -2.14. The van der Waals surface area contributed by atoms with Gasteiger partial charge >= 0.3 is 0 Å². The van der Waals surface area contributed by atoms with Crippen molar-refractivity contribution in [2.24, 2.45) is 0 Å². The Balaban J connectivity index is 1.96. The molecule has 1 amide bonds. The van der Waals surface area contributed by atoms with Crippen LogP contribution >= 0.6 is 43.6 Å². The van der Waals surface area contributed by atoms with E-state index in [0.717, 1.165) is 27.5 Å². The minimum absolute atomic E-state index is 0.0142. The molecule has 2 nitrogen and oxygen atoms in total. The highest BCUT2D eigenvalue weighted by Gasteiger charge is 2.26. The van der Waals surface area contributed by atoms with Crippen LogP contribution < -0.4 is 5.32 Å². The van der Waals surface area contributed by atoms with Gasteiger partial charge in [0, 0.05) is 20.2 Å². The summed E-state index contributed by atoms with van der Waals surface area (Å²) in [6, 6.07) is 5.99. The van der Waals surface area contributed by atoms with Gasteiger partial charge in [0.15, 0.2) is 0 Å². The largest absolute Gasteiger partial charge is 0.349 e. The van der Waals surface area contributed by atoms with Gasteiger partial charge in [0.05, 0.1) is 5.56 Å². The summed E-state index contributed by atoms with van der Waals surface area (Å²) in [6.45, 7) is 2.19. The van der Waals surface area contributed by atoms with Crippen LogP contribution in [0.5, 0.6) is 0 Å². The van der Waals surface area contributed by atoms with Crippen molar-refractivity contribution in [2.45, 2.75) is 37.5 Å². The van der Waals surface area contributed by atoms with E-state index in [0.29, 0.717) is 16.9 Å². The van der Waals surface area contributed by atoms with Crippen molar-refractivity contribution in [1.29, 1.82) is 0 Å². The molecule has 0 aliphatic heterocycles. The number of benzene rings is 1. The first-order valence-corrected chi connectivity index (χ1v) is 9.11. The quantitative estimate of drug-likeness (QED) is 0.790. The Hall–Kier alpha value is -0.000000000000000111. The van der Waals surface area contributed by atoms with Crippen LogP contribution in [0.25, 0.3) is 0 Å². The highest BCUT2D eigenvalue weighted by atomic mass is 79.9. The average molecular weight is 407 g/mol. The van der Waals surface area contributed by atoms with Gasteiger partial charge in [-0.1, -0.05) is 22.9 Å². The van der Waals surface area contributed by atoms with Gasteiger partial charge in [-0.05, 0) is 59.1 Å². The second kappa shape index (κ2) is 7.14. The zero-order valence-corrected chi connectivity index (χ0v) is 14.8. The molecule has 0 saturated heterocycles. The van der Waals surface area contributed by atoms with E-state index in [2.05, 4.69) is 44.1 Å². The van der Waals surface area contributed by atoms with Crippen LogP contribution in [-0.2, 0) is 0 Å². The number of hydrogen-bond donors (Lipinski definition) is 1. The van der Waals surface area contributed by atoms with Crippen molar-refractivity contribution in [2.75, 3.05) is 5.75 Å². The van der Waals surface area contributed by atoms with Gasteiger partial charge in [0.25, 0.3) is 5.91 Å². The molecule has 2 unspecified atom stereocenters. The van der Waals surface area contributed by atoms with Gasteiger partial charge in [0.2, 0.25) is 0 Å². The highest BCUT2D eigenvalue weighted by molar-refractivity contribution is 9.11. The van der Waals surface area contributed by atoms with Gasteiger partial charge < -0.3 is 5.32 Å². The summed E-state index contributed by atoms with van der Waals surface area (Å²) in [4.78, 5) is 12.3. The first-order valence-electron chi connectivity index (χ1n) is 6.47. The van der Waals surface area contributed by atoms with Crippen LogP contribution in [0, 0.1) is 0 Å². The monoisotopic (exact) mass is 405 g/mol. The standard InChI is InChI=1S/C14H17Br2NOS/c1-2-19-11-5-4-10(8-11)17-14(18)12-7-9(15)3-6-13(12)16/h3,6-7,10-11H,2,4-5,8H2,1H3,(H,17,18). The molecule has 1 aliphatic rings. The fourth-order valence-corrected chi connectivity index (χ4v) is 4.32. The summed E-state index contributed by atoms with van der Waals surface area (Å²) in [5, 5.41) is 3.86. The van der Waals surface area contributed by atoms with Crippen molar-refractivity contribution in [3.63, 3.8) is 0 Å². The molecule has 19 heavy (non-hydrogen) atoms. The molecule has 1 fully saturated rings. The maximum atomic E-state index is 12.3. The third kappa shape index (κ3) is 4.23. The number of carbonyl (C=O) groups excluding carboxylic acids is 1. The van der Waals surface area contributed by atoms with Crippen molar-refractivity contribution >= 4 is 49.5 Å². The number of rotatable bonds is 4. The number of hydrogen-bond acceptors (Lipinski definition) is 2. The molecule has 104 valence electrons. The maximum absolute atomic E-state index is 12.3. The van der Waals surface area contributed by atoms with Crippen LogP contribution in [0.15, 0.2) is 27.1 Å². The van der Waals surface area contributed by atoms with Gasteiger partial charge in [-0.25, -0.2) is 0 Å². The Morgan fingerprint density at radius 2 is 2.21 bits per heavy atom. The summed E-state index contributed by atoms with van der Waals surface area (Å²) < 4.78 is 1.76. The van der Waals surface area contributed by atoms with Gasteiger partial charge in [0.1, 0.15) is 0 Å². The molecule has 0 spiro atoms. The van der Waals surface area contributed by atoms with E-state index >= 15 is 0 Å². The van der Waals surface area contributed by atoms with Gasteiger partial charge in [-0.2, -0.15) is 11.8 Å². The molecular formula is C14H17Br2NOS. The van der Waals surface area contributed by atoms with E-state index in [9.17, 15) is 4.79 Å². The van der Waals surface area contributed by atoms with Crippen molar-refractivity contribution in [3.8, 4) is 0 Å². The molecule has 2 atom stereocenters. The summed E-state index contributed by atoms with van der Waals surface area (Å²) in [5.41, 5.74) is 0.695. The van der Waals surface area contributed by atoms with E-state index in [-0.39, 0.29) is 5.91 Å². The normalized spacial score (nSPS) is 22.5. The molecule has 1 N–H and O–H groups in total. The Kier molecular flexibility index (Phi) is 5.78. The topological polar surface area (TPSA) is 29.1 Å². The van der Waals surface area contributed by atoms with Crippen LogP contribution in [0.3, 0.4) is 0 Å². The van der Waals surface area contributed by atoms with Crippen LogP contribution in [0.2, 0.25) is 0 Å². The number of halogens is 2. The second-order valence-electron chi connectivity index (χ2n) is 4.68. The highest BCUT2D eigenvalue weighted by Crippen LogP contribution is 2.30. The molecule has 5 heteroatoms. The minimum Gasteiger partial charge on any atom is -0.349 e. The lowest BCUT2D eigenvalue weighted by molar-refractivity contribution is 0.0937. The third-order valence-electron chi connectivity index (χ3n) is 3.30. The van der Waals surface area contributed by atoms with Crippen molar-refractivity contribution in [3.05, 3.63) is 32.7 Å². The number of carbonyl (C=O) groups is 1. The molecule has 1 saturated carbocycles. The molecule has 1 aromatic carbocycles. The number of nitrogens with one attached hydrogen (secondary N) is 1. The minimum atomic E-state index is 0.0142. The first kappa shape index (κ1) is 15.4. The van der Waals surface area contributed by atoms with Crippen LogP contribution in [-0.4, -0.2) is 23.0 Å². The first-order chi connectivity index (χ1) is 9.10. The molecule has 1 aromatic rings. The van der Waals surface area contributed by atoms with Crippen LogP contribution in [0.4, 0.5) is 0 Å². The van der Waals surface area contributed by atoms with E-state index in [1.807, 2.05) is 30.0 Å². The Bertz CT molecular complexity index is 467. The number of thioether (sulfide) groups is 1. The molecule has 0 aromatic heterocycles. The Morgan fingerprint density at radius 1 is 1.42 bits per heavy atom. The van der Waals surface area contributed by atoms with Gasteiger partial charge in [-0.3, -0.25) is 4.79 Å². The lowest BCUT2D eigenvalue weighted by Crippen LogP contribution is -2.33. The Morgan fingerprint density at radius 3 is 2.95 bits per heavy atom. The van der Waals surface area contributed by atoms with Crippen molar-refractivity contribution in [1.82, 2.24) is 5.32 Å². The maximum Gasteiger partial charge on any atom is 0.252 e. The van der Waals surface area contributed by atoms with E-state index in [4.69, 9.17) is 0 Å². The summed E-state index contributed by atoms with van der Waals surface area (Å²) in [5.74, 6) is 1.17. The fraction of sp³-hybridized carbons (Fsp3) is 0.500. The zero-order chi connectivity index (χ0) is 13.8. The summed E-state index contributed by atoms with van der Waals surface area (Å²) in [7, 11) is 0. The fourth-order valence-electron chi connectivity index (χ4n) is 2.39. The van der Waals surface area contributed by atoms with E-state index < -0.39 is 0 Å². The smallest absolute Gasteiger partial charge is 0.252 e. The van der Waals surface area contributed by atoms with Crippen LogP contribution in [0.1, 0.15) is 36.5 Å². The zero-order valence-electron chi connectivity index (χ0n) is 10.8. The molecule has 0 radical (unpaired) electrons. The summed E-state index contributed by atoms with van der Waals surface area (Å²) >= 11 is 8.84. The summed E-state index contributed by atoms with van der Waals surface area (Å²) in [6.07, 6.45) is 3.40. The molecular weight excluding hydrogens is 390 g/mol. The third-order valence-corrected chi connectivity index (χ3v) is 5.71. The lowest BCUT2D eigenvalue weighted by atomic mass is 10.2. The predicted molar refractivity (Wildman–Crippen MR) is 88.9 cm³/mol. The SMILES string of the molecule is CCSC1CCC(NC(=O)c2cc(Br)ccc2Br)C1. The number of amides is 1. The van der Waals surface area contributed by atoms with Gasteiger partial charge in [-0.15, -0.1) is 0 Å². The Labute approximate surface area is 135 Å². The molecule has 0 bridgehead atoms. The molecule has 0 heterocycles. The predicted octanol–water partition coefficient (Wildman–Crippen LogP) is 4.62. The van der Waals surface area contributed by atoms with E-state index in [1.165, 1.54) is 6.42 Å². The molecule has 1 aliphatic carbocycles. The van der Waals surface area contributed by atoms with Crippen molar-refractivity contribution < 1.29 is 4.79 Å².